The van der Waals surface area contributed by atoms with Crippen molar-refractivity contribution in [2.75, 3.05) is 13.6 Å². The monoisotopic (exact) mass is 246 g/mol. The third-order valence-electron chi connectivity index (χ3n) is 3.84. The van der Waals surface area contributed by atoms with Gasteiger partial charge in [-0.1, -0.05) is 12.1 Å². The highest BCUT2D eigenvalue weighted by molar-refractivity contribution is 5.94. The normalized spacial score (nSPS) is 16.4. The predicted octanol–water partition coefficient (Wildman–Crippen LogP) is 2.06. The first-order chi connectivity index (χ1) is 8.63. The van der Waals surface area contributed by atoms with Crippen LogP contribution in [0.25, 0.3) is 0 Å². The minimum Gasteiger partial charge on any atom is -0.339 e. The first-order valence-electron chi connectivity index (χ1n) is 6.69. The summed E-state index contributed by atoms with van der Waals surface area (Å²) in [6, 6.07) is 8.15. The molecule has 3 heteroatoms. The van der Waals surface area contributed by atoms with E-state index in [1.54, 1.807) is 0 Å². The molecule has 0 spiro atoms. The van der Waals surface area contributed by atoms with Crippen LogP contribution in [0, 0.1) is 5.92 Å². The average molecular weight is 246 g/mol. The lowest BCUT2D eigenvalue weighted by Gasteiger charge is -2.25. The number of carbonyl (C=O) groups is 1. The van der Waals surface area contributed by atoms with Crippen LogP contribution in [0.2, 0.25) is 0 Å². The molecule has 1 amide bonds. The number of hydrogen-bond acceptors (Lipinski definition) is 2. The second kappa shape index (κ2) is 5.53. The number of rotatable bonds is 5. The molecule has 2 rings (SSSR count). The number of carbonyl (C=O) groups excluding carboxylic acids is 1. The van der Waals surface area contributed by atoms with Crippen molar-refractivity contribution >= 4 is 5.91 Å². The van der Waals surface area contributed by atoms with Gasteiger partial charge in [-0.3, -0.25) is 4.79 Å². The van der Waals surface area contributed by atoms with Gasteiger partial charge in [0.05, 0.1) is 0 Å². The summed E-state index contributed by atoms with van der Waals surface area (Å²) in [5.74, 6) is 0.819. The van der Waals surface area contributed by atoms with Gasteiger partial charge in [0.1, 0.15) is 0 Å². The first kappa shape index (κ1) is 13.1. The third-order valence-corrected chi connectivity index (χ3v) is 3.84. The zero-order chi connectivity index (χ0) is 13.1. The molecule has 0 bridgehead atoms. The predicted molar refractivity (Wildman–Crippen MR) is 73.5 cm³/mol. The lowest BCUT2D eigenvalue weighted by Crippen LogP contribution is -2.36. The molecule has 0 aliphatic heterocycles. The molecule has 1 fully saturated rings. The van der Waals surface area contributed by atoms with Crippen molar-refractivity contribution in [2.45, 2.75) is 32.2 Å². The maximum atomic E-state index is 12.4. The van der Waals surface area contributed by atoms with Crippen LogP contribution in [0.1, 0.15) is 35.7 Å². The minimum absolute atomic E-state index is 0.119. The number of nitrogens with zero attached hydrogens (tertiary/aromatic N) is 1. The van der Waals surface area contributed by atoms with Crippen LogP contribution in [0.4, 0.5) is 0 Å². The topological polar surface area (TPSA) is 46.3 Å². The molecule has 0 radical (unpaired) electrons. The molecule has 2 N–H and O–H groups in total. The first-order valence-corrected chi connectivity index (χ1v) is 6.69. The molecular weight excluding hydrogens is 224 g/mol. The van der Waals surface area contributed by atoms with Crippen LogP contribution in [-0.4, -0.2) is 30.4 Å². The van der Waals surface area contributed by atoms with Crippen LogP contribution in [0.5, 0.6) is 0 Å². The molecule has 0 saturated heterocycles. The molecule has 1 aromatic rings. The van der Waals surface area contributed by atoms with Gasteiger partial charge in [-0.05, 0) is 56.3 Å². The summed E-state index contributed by atoms with van der Waals surface area (Å²) in [4.78, 5) is 14.2. The van der Waals surface area contributed by atoms with Crippen LogP contribution in [0.3, 0.4) is 0 Å². The Morgan fingerprint density at radius 3 is 2.83 bits per heavy atom. The highest BCUT2D eigenvalue weighted by Crippen LogP contribution is 2.35. The Labute approximate surface area is 109 Å². The SMILES string of the molecule is CC(C1CC1)N(C)C(=O)c1cccc(CCN)c1. The molecule has 1 aromatic carbocycles. The van der Waals surface area contributed by atoms with E-state index in [2.05, 4.69) is 6.92 Å². The fourth-order valence-corrected chi connectivity index (χ4v) is 2.31. The molecule has 1 saturated carbocycles. The highest BCUT2D eigenvalue weighted by Gasteiger charge is 2.32. The molecule has 1 aliphatic carbocycles. The van der Waals surface area contributed by atoms with E-state index in [4.69, 9.17) is 5.73 Å². The third kappa shape index (κ3) is 2.91. The summed E-state index contributed by atoms with van der Waals surface area (Å²) in [6.45, 7) is 2.76. The zero-order valence-electron chi connectivity index (χ0n) is 11.2. The Morgan fingerprint density at radius 1 is 1.50 bits per heavy atom. The maximum absolute atomic E-state index is 12.4. The van der Waals surface area contributed by atoms with Gasteiger partial charge in [0.15, 0.2) is 0 Å². The molecule has 0 aromatic heterocycles. The average Bonchev–Trinajstić information content (AvgIpc) is 3.21. The number of hydrogen-bond donors (Lipinski definition) is 1. The smallest absolute Gasteiger partial charge is 0.253 e. The van der Waals surface area contributed by atoms with Gasteiger partial charge in [-0.15, -0.1) is 0 Å². The fraction of sp³-hybridized carbons (Fsp3) is 0.533. The lowest BCUT2D eigenvalue weighted by molar-refractivity contribution is 0.0727. The molecule has 1 atom stereocenters. The van der Waals surface area contributed by atoms with Crippen molar-refractivity contribution in [3.05, 3.63) is 35.4 Å². The van der Waals surface area contributed by atoms with Gasteiger partial charge in [0.2, 0.25) is 0 Å². The van der Waals surface area contributed by atoms with Crippen molar-refractivity contribution in [2.24, 2.45) is 11.7 Å². The second-order valence-electron chi connectivity index (χ2n) is 5.23. The molecule has 3 nitrogen and oxygen atoms in total. The van der Waals surface area contributed by atoms with E-state index in [1.165, 1.54) is 12.8 Å². The second-order valence-corrected chi connectivity index (χ2v) is 5.23. The Balaban J connectivity index is 2.09. The fourth-order valence-electron chi connectivity index (χ4n) is 2.31. The van der Waals surface area contributed by atoms with E-state index >= 15 is 0 Å². The number of nitrogens with two attached hydrogens (primary N) is 1. The number of amides is 1. The highest BCUT2D eigenvalue weighted by atomic mass is 16.2. The Hall–Kier alpha value is -1.35. The van der Waals surface area contributed by atoms with E-state index in [1.807, 2.05) is 36.2 Å². The van der Waals surface area contributed by atoms with Crippen molar-refractivity contribution < 1.29 is 4.79 Å². The summed E-state index contributed by atoms with van der Waals surface area (Å²) in [6.07, 6.45) is 3.33. The maximum Gasteiger partial charge on any atom is 0.253 e. The Kier molecular flexibility index (Phi) is 4.02. The quantitative estimate of drug-likeness (QED) is 0.864. The van der Waals surface area contributed by atoms with Gasteiger partial charge in [0, 0.05) is 18.7 Å². The Bertz CT molecular complexity index is 426. The summed E-state index contributed by atoms with van der Waals surface area (Å²) >= 11 is 0. The van der Waals surface area contributed by atoms with Gasteiger partial charge >= 0.3 is 0 Å². The molecular formula is C15H22N2O. The van der Waals surface area contributed by atoms with Gasteiger partial charge in [-0.2, -0.15) is 0 Å². The van der Waals surface area contributed by atoms with Crippen LogP contribution in [-0.2, 0) is 6.42 Å². The van der Waals surface area contributed by atoms with Crippen LogP contribution < -0.4 is 5.73 Å². The van der Waals surface area contributed by atoms with E-state index < -0.39 is 0 Å². The summed E-state index contributed by atoms with van der Waals surface area (Å²) in [5.41, 5.74) is 7.46. The Morgan fingerprint density at radius 2 is 2.22 bits per heavy atom. The summed E-state index contributed by atoms with van der Waals surface area (Å²) in [5, 5.41) is 0. The zero-order valence-corrected chi connectivity index (χ0v) is 11.2. The summed E-state index contributed by atoms with van der Waals surface area (Å²) < 4.78 is 0. The van der Waals surface area contributed by atoms with E-state index in [0.29, 0.717) is 18.5 Å². The molecule has 0 heterocycles. The lowest BCUT2D eigenvalue weighted by atomic mass is 10.1. The van der Waals surface area contributed by atoms with E-state index in [9.17, 15) is 4.79 Å². The number of benzene rings is 1. The van der Waals surface area contributed by atoms with Crippen molar-refractivity contribution in [3.8, 4) is 0 Å². The standard InChI is InChI=1S/C15H22N2O/c1-11(13-6-7-13)17(2)15(18)14-5-3-4-12(10-14)8-9-16/h3-5,10-11,13H,6-9,16H2,1-2H3. The van der Waals surface area contributed by atoms with E-state index in [0.717, 1.165) is 17.5 Å². The molecule has 18 heavy (non-hydrogen) atoms. The minimum atomic E-state index is 0.119. The van der Waals surface area contributed by atoms with Crippen molar-refractivity contribution in [3.63, 3.8) is 0 Å². The molecule has 1 aliphatic rings. The van der Waals surface area contributed by atoms with Gasteiger partial charge in [-0.25, -0.2) is 0 Å². The largest absolute Gasteiger partial charge is 0.339 e. The summed E-state index contributed by atoms with van der Waals surface area (Å²) in [7, 11) is 1.90. The molecule has 98 valence electrons. The van der Waals surface area contributed by atoms with Gasteiger partial charge in [0.25, 0.3) is 5.91 Å². The van der Waals surface area contributed by atoms with E-state index in [-0.39, 0.29) is 5.91 Å². The van der Waals surface area contributed by atoms with Crippen molar-refractivity contribution in [1.29, 1.82) is 0 Å². The van der Waals surface area contributed by atoms with Crippen molar-refractivity contribution in [1.82, 2.24) is 4.90 Å². The van der Waals surface area contributed by atoms with Gasteiger partial charge < -0.3 is 10.6 Å². The van der Waals surface area contributed by atoms with Crippen LogP contribution >= 0.6 is 0 Å². The molecule has 1 unspecified atom stereocenters. The van der Waals surface area contributed by atoms with Crippen LogP contribution in [0.15, 0.2) is 24.3 Å².